The molecule has 0 saturated carbocycles. The molecule has 1 aromatic carbocycles. The lowest BCUT2D eigenvalue weighted by molar-refractivity contribution is 0.0988. The van der Waals surface area contributed by atoms with Gasteiger partial charge >= 0.3 is 0 Å². The van der Waals surface area contributed by atoms with Crippen molar-refractivity contribution in [3.05, 3.63) is 35.7 Å². The summed E-state index contributed by atoms with van der Waals surface area (Å²) in [5.74, 6) is -0.438. The van der Waals surface area contributed by atoms with E-state index in [1.165, 1.54) is 31.4 Å². The van der Waals surface area contributed by atoms with Gasteiger partial charge in [0.2, 0.25) is 15.8 Å². The molecule has 112 valence electrons. The fourth-order valence-electron chi connectivity index (χ4n) is 1.64. The summed E-state index contributed by atoms with van der Waals surface area (Å²) in [5, 5.41) is 11.2. The standard InChI is InChI=1S/C12H13N3O5S/c1-7-5-10(20-15-7)12(16)14-8-3-4-11(21(13,17)18)9(6-8)19-2/h3-6H,1-2H3,(H,14,16)(H2,13,17,18). The summed E-state index contributed by atoms with van der Waals surface area (Å²) in [7, 11) is -2.60. The van der Waals surface area contributed by atoms with Crippen LogP contribution < -0.4 is 15.2 Å². The van der Waals surface area contributed by atoms with Gasteiger partial charge in [-0.2, -0.15) is 0 Å². The zero-order valence-electron chi connectivity index (χ0n) is 11.3. The van der Waals surface area contributed by atoms with Gasteiger partial charge in [0.05, 0.1) is 12.8 Å². The number of primary sulfonamides is 1. The third kappa shape index (κ3) is 3.38. The number of carbonyl (C=O) groups is 1. The number of benzene rings is 1. The number of aryl methyl sites for hydroxylation is 1. The molecule has 3 N–H and O–H groups in total. The van der Waals surface area contributed by atoms with Crippen LogP contribution in [0.1, 0.15) is 16.2 Å². The smallest absolute Gasteiger partial charge is 0.294 e. The normalized spacial score (nSPS) is 11.2. The summed E-state index contributed by atoms with van der Waals surface area (Å²) in [5.41, 5.74) is 0.903. The molecule has 0 radical (unpaired) electrons. The Bertz CT molecular complexity index is 782. The van der Waals surface area contributed by atoms with Crippen molar-refractivity contribution in [3.63, 3.8) is 0 Å². The average molecular weight is 311 g/mol. The minimum atomic E-state index is -3.91. The van der Waals surface area contributed by atoms with Gasteiger partial charge in [0.1, 0.15) is 10.6 Å². The Balaban J connectivity index is 2.28. The maximum atomic E-state index is 11.9. The van der Waals surface area contributed by atoms with Gasteiger partial charge in [-0.1, -0.05) is 5.16 Å². The van der Waals surface area contributed by atoms with Gasteiger partial charge in [-0.25, -0.2) is 13.6 Å². The second kappa shape index (κ2) is 5.54. The lowest BCUT2D eigenvalue weighted by Crippen LogP contribution is -2.15. The molecule has 9 heteroatoms. The fourth-order valence-corrected chi connectivity index (χ4v) is 2.32. The van der Waals surface area contributed by atoms with Crippen LogP contribution in [0.5, 0.6) is 5.75 Å². The molecule has 0 spiro atoms. The fraction of sp³-hybridized carbons (Fsp3) is 0.167. The molecule has 0 fully saturated rings. The van der Waals surface area contributed by atoms with Crippen molar-refractivity contribution in [1.82, 2.24) is 5.16 Å². The molecular weight excluding hydrogens is 298 g/mol. The number of ether oxygens (including phenoxy) is 1. The Kier molecular flexibility index (Phi) is 3.96. The number of methoxy groups -OCH3 is 1. The minimum absolute atomic E-state index is 0.0315. The van der Waals surface area contributed by atoms with Crippen LogP contribution in [-0.2, 0) is 10.0 Å². The van der Waals surface area contributed by atoms with E-state index < -0.39 is 15.9 Å². The molecule has 0 unspecified atom stereocenters. The summed E-state index contributed by atoms with van der Waals surface area (Å²) in [6.45, 7) is 1.68. The Morgan fingerprint density at radius 3 is 2.62 bits per heavy atom. The van der Waals surface area contributed by atoms with Crippen molar-refractivity contribution in [3.8, 4) is 5.75 Å². The molecule has 0 aliphatic heterocycles. The molecule has 0 aliphatic carbocycles. The number of sulfonamides is 1. The highest BCUT2D eigenvalue weighted by atomic mass is 32.2. The summed E-state index contributed by atoms with van der Waals surface area (Å²) in [4.78, 5) is 11.7. The molecule has 1 heterocycles. The summed E-state index contributed by atoms with van der Waals surface area (Å²) >= 11 is 0. The zero-order valence-corrected chi connectivity index (χ0v) is 12.1. The van der Waals surface area contributed by atoms with Crippen molar-refractivity contribution < 1.29 is 22.5 Å². The van der Waals surface area contributed by atoms with Crippen molar-refractivity contribution in [2.24, 2.45) is 5.14 Å². The van der Waals surface area contributed by atoms with Gasteiger partial charge in [-0.3, -0.25) is 4.79 Å². The van der Waals surface area contributed by atoms with Crippen LogP contribution in [0.2, 0.25) is 0 Å². The first-order valence-electron chi connectivity index (χ1n) is 5.77. The number of anilines is 1. The zero-order chi connectivity index (χ0) is 15.6. The Morgan fingerprint density at radius 2 is 2.10 bits per heavy atom. The number of nitrogens with one attached hydrogen (secondary N) is 1. The first-order valence-corrected chi connectivity index (χ1v) is 7.31. The van der Waals surface area contributed by atoms with Gasteiger partial charge in [0.15, 0.2) is 0 Å². The second-order valence-electron chi connectivity index (χ2n) is 4.20. The van der Waals surface area contributed by atoms with Gasteiger partial charge in [0, 0.05) is 17.8 Å². The summed E-state index contributed by atoms with van der Waals surface area (Å²) in [6, 6.07) is 5.46. The predicted molar refractivity (Wildman–Crippen MR) is 73.6 cm³/mol. The number of aromatic nitrogens is 1. The Labute approximate surface area is 120 Å². The van der Waals surface area contributed by atoms with Crippen LogP contribution in [-0.4, -0.2) is 26.6 Å². The second-order valence-corrected chi connectivity index (χ2v) is 5.73. The molecule has 0 atom stereocenters. The molecule has 2 aromatic rings. The first-order chi connectivity index (χ1) is 9.81. The predicted octanol–water partition coefficient (Wildman–Crippen LogP) is 0.891. The van der Waals surface area contributed by atoms with Crippen LogP contribution in [0, 0.1) is 6.92 Å². The number of rotatable bonds is 4. The third-order valence-electron chi connectivity index (χ3n) is 2.58. The van der Waals surface area contributed by atoms with Gasteiger partial charge in [-0.05, 0) is 19.1 Å². The van der Waals surface area contributed by atoms with E-state index in [1.807, 2.05) is 0 Å². The molecule has 21 heavy (non-hydrogen) atoms. The van der Waals surface area contributed by atoms with Crippen LogP contribution in [0.3, 0.4) is 0 Å². The number of hydrogen-bond donors (Lipinski definition) is 2. The van der Waals surface area contributed by atoms with Crippen LogP contribution in [0.4, 0.5) is 5.69 Å². The lowest BCUT2D eigenvalue weighted by atomic mass is 10.3. The summed E-state index contributed by atoms with van der Waals surface area (Å²) < 4.78 is 32.5. The van der Waals surface area contributed by atoms with Gasteiger partial charge in [-0.15, -0.1) is 0 Å². The van der Waals surface area contributed by atoms with Crippen molar-refractivity contribution >= 4 is 21.6 Å². The van der Waals surface area contributed by atoms with Crippen LogP contribution >= 0.6 is 0 Å². The number of hydrogen-bond acceptors (Lipinski definition) is 6. The highest BCUT2D eigenvalue weighted by molar-refractivity contribution is 7.89. The Hall–Kier alpha value is -2.39. The third-order valence-corrected chi connectivity index (χ3v) is 3.53. The van der Waals surface area contributed by atoms with E-state index in [0.717, 1.165) is 0 Å². The molecular formula is C12H13N3O5S. The van der Waals surface area contributed by atoms with E-state index in [-0.39, 0.29) is 16.4 Å². The van der Waals surface area contributed by atoms with E-state index >= 15 is 0 Å². The lowest BCUT2D eigenvalue weighted by Gasteiger charge is -2.09. The van der Waals surface area contributed by atoms with Crippen molar-refractivity contribution in [2.75, 3.05) is 12.4 Å². The first kappa shape index (κ1) is 15.0. The number of amides is 1. The van der Waals surface area contributed by atoms with Crippen molar-refractivity contribution in [2.45, 2.75) is 11.8 Å². The molecule has 1 aromatic heterocycles. The highest BCUT2D eigenvalue weighted by Crippen LogP contribution is 2.26. The molecule has 8 nitrogen and oxygen atoms in total. The van der Waals surface area contributed by atoms with E-state index in [9.17, 15) is 13.2 Å². The average Bonchev–Trinajstić information content (AvgIpc) is 2.84. The SMILES string of the molecule is COc1cc(NC(=O)c2cc(C)no2)ccc1S(N)(=O)=O. The van der Waals surface area contributed by atoms with Gasteiger partial charge < -0.3 is 14.6 Å². The minimum Gasteiger partial charge on any atom is -0.495 e. The maximum absolute atomic E-state index is 11.9. The maximum Gasteiger partial charge on any atom is 0.294 e. The number of carbonyl (C=O) groups excluding carboxylic acids is 1. The molecule has 0 saturated heterocycles. The topological polar surface area (TPSA) is 125 Å². The van der Waals surface area contributed by atoms with Crippen LogP contribution in [0.25, 0.3) is 0 Å². The Morgan fingerprint density at radius 1 is 1.38 bits per heavy atom. The molecule has 0 aliphatic rings. The number of nitrogens with zero attached hydrogens (tertiary/aromatic N) is 1. The van der Waals surface area contributed by atoms with E-state index in [1.54, 1.807) is 6.92 Å². The summed E-state index contributed by atoms with van der Waals surface area (Å²) in [6.07, 6.45) is 0. The van der Waals surface area contributed by atoms with Crippen molar-refractivity contribution in [1.29, 1.82) is 0 Å². The van der Waals surface area contributed by atoms with Gasteiger partial charge in [0.25, 0.3) is 5.91 Å². The molecule has 1 amide bonds. The monoisotopic (exact) mass is 311 g/mol. The largest absolute Gasteiger partial charge is 0.495 e. The molecule has 2 rings (SSSR count). The van der Waals surface area contributed by atoms with E-state index in [0.29, 0.717) is 11.4 Å². The highest BCUT2D eigenvalue weighted by Gasteiger charge is 2.17. The van der Waals surface area contributed by atoms with E-state index in [2.05, 4.69) is 10.5 Å². The van der Waals surface area contributed by atoms with Crippen LogP contribution in [0.15, 0.2) is 33.7 Å². The quantitative estimate of drug-likeness (QED) is 0.864. The van der Waals surface area contributed by atoms with E-state index in [4.69, 9.17) is 14.4 Å². The number of nitrogens with two attached hydrogens (primary N) is 1. The molecule has 0 bridgehead atoms.